The van der Waals surface area contributed by atoms with E-state index in [0.717, 1.165) is 24.4 Å². The molecule has 0 spiro atoms. The van der Waals surface area contributed by atoms with Gasteiger partial charge in [-0.3, -0.25) is 0 Å². The predicted molar refractivity (Wildman–Crippen MR) is 84.3 cm³/mol. The first-order valence-electron chi connectivity index (χ1n) is 7.41. The molecule has 0 saturated carbocycles. The van der Waals surface area contributed by atoms with Crippen molar-refractivity contribution in [1.82, 2.24) is 19.4 Å². The van der Waals surface area contributed by atoms with Gasteiger partial charge in [0, 0.05) is 25.2 Å². The van der Waals surface area contributed by atoms with Gasteiger partial charge in [0.2, 0.25) is 0 Å². The van der Waals surface area contributed by atoms with Crippen molar-refractivity contribution in [3.63, 3.8) is 0 Å². The molecule has 110 valence electrons. The average Bonchev–Trinajstić information content (AvgIpc) is 2.77. The minimum atomic E-state index is 0.363. The fourth-order valence-electron chi connectivity index (χ4n) is 2.31. The molecule has 0 unspecified atom stereocenters. The van der Waals surface area contributed by atoms with E-state index in [1.807, 2.05) is 0 Å². The SMILES string of the molecule is CC(C)c1nc(C(C)C)c2c(ccn2CCN(C)C)n1. The molecule has 2 heterocycles. The van der Waals surface area contributed by atoms with Gasteiger partial charge in [0.1, 0.15) is 5.82 Å². The zero-order valence-electron chi connectivity index (χ0n) is 13.5. The van der Waals surface area contributed by atoms with Crippen LogP contribution in [0.4, 0.5) is 0 Å². The molecule has 0 aromatic carbocycles. The molecular weight excluding hydrogens is 248 g/mol. The molecular formula is C16H26N4. The fraction of sp³-hybridized carbons (Fsp3) is 0.625. The quantitative estimate of drug-likeness (QED) is 0.839. The van der Waals surface area contributed by atoms with Gasteiger partial charge in [-0.1, -0.05) is 27.7 Å². The van der Waals surface area contributed by atoms with E-state index in [0.29, 0.717) is 11.8 Å². The molecule has 2 rings (SSSR count). The second-order valence-electron chi connectivity index (χ2n) is 6.32. The Bertz CT molecular complexity index is 581. The van der Waals surface area contributed by atoms with E-state index in [-0.39, 0.29) is 0 Å². The number of hydrogen-bond donors (Lipinski definition) is 0. The highest BCUT2D eigenvalue weighted by Gasteiger charge is 2.16. The lowest BCUT2D eigenvalue weighted by Gasteiger charge is -2.15. The number of fused-ring (bicyclic) bond motifs is 1. The number of rotatable bonds is 5. The zero-order chi connectivity index (χ0) is 14.9. The third-order valence-corrected chi connectivity index (χ3v) is 3.51. The van der Waals surface area contributed by atoms with Gasteiger partial charge in [-0.15, -0.1) is 0 Å². The standard InChI is InChI=1S/C16H26N4/c1-11(2)14-15-13(17-16(18-14)12(3)4)7-8-20(15)10-9-19(5)6/h7-8,11-12H,9-10H2,1-6H3. The van der Waals surface area contributed by atoms with Crippen LogP contribution in [0.2, 0.25) is 0 Å². The Morgan fingerprint density at radius 1 is 1.10 bits per heavy atom. The molecule has 0 amide bonds. The molecule has 0 bridgehead atoms. The van der Waals surface area contributed by atoms with Gasteiger partial charge in [0.25, 0.3) is 0 Å². The highest BCUT2D eigenvalue weighted by molar-refractivity contribution is 5.78. The first-order chi connectivity index (χ1) is 9.40. The average molecular weight is 274 g/mol. The van der Waals surface area contributed by atoms with Crippen LogP contribution in [0.5, 0.6) is 0 Å². The van der Waals surface area contributed by atoms with E-state index in [4.69, 9.17) is 9.97 Å². The minimum absolute atomic E-state index is 0.363. The zero-order valence-corrected chi connectivity index (χ0v) is 13.5. The van der Waals surface area contributed by atoms with Crippen LogP contribution < -0.4 is 0 Å². The second-order valence-corrected chi connectivity index (χ2v) is 6.32. The summed E-state index contributed by atoms with van der Waals surface area (Å²) in [6.45, 7) is 10.7. The second kappa shape index (κ2) is 5.92. The van der Waals surface area contributed by atoms with Crippen molar-refractivity contribution in [2.75, 3.05) is 20.6 Å². The summed E-state index contributed by atoms with van der Waals surface area (Å²) < 4.78 is 2.29. The lowest BCUT2D eigenvalue weighted by Crippen LogP contribution is -2.18. The summed E-state index contributed by atoms with van der Waals surface area (Å²) in [5, 5.41) is 0. The summed E-state index contributed by atoms with van der Waals surface area (Å²) in [7, 11) is 4.20. The molecule has 20 heavy (non-hydrogen) atoms. The molecule has 0 N–H and O–H groups in total. The molecule has 0 radical (unpaired) electrons. The van der Waals surface area contributed by atoms with Crippen LogP contribution in [0.25, 0.3) is 11.0 Å². The van der Waals surface area contributed by atoms with Crippen molar-refractivity contribution in [3.05, 3.63) is 23.8 Å². The topological polar surface area (TPSA) is 34.0 Å². The highest BCUT2D eigenvalue weighted by Crippen LogP contribution is 2.25. The molecule has 2 aromatic rings. The first-order valence-corrected chi connectivity index (χ1v) is 7.41. The van der Waals surface area contributed by atoms with Crippen LogP contribution in [0.15, 0.2) is 12.3 Å². The maximum absolute atomic E-state index is 4.81. The molecule has 0 aliphatic heterocycles. The van der Waals surface area contributed by atoms with E-state index in [2.05, 4.69) is 63.5 Å². The summed E-state index contributed by atoms with van der Waals surface area (Å²) >= 11 is 0. The normalized spacial score (nSPS) is 12.2. The van der Waals surface area contributed by atoms with E-state index in [1.165, 1.54) is 11.2 Å². The van der Waals surface area contributed by atoms with Crippen molar-refractivity contribution in [3.8, 4) is 0 Å². The molecule has 0 aliphatic carbocycles. The summed E-state index contributed by atoms with van der Waals surface area (Å²) in [5.41, 5.74) is 3.44. The van der Waals surface area contributed by atoms with Crippen LogP contribution in [0, 0.1) is 0 Å². The fourth-order valence-corrected chi connectivity index (χ4v) is 2.31. The third-order valence-electron chi connectivity index (χ3n) is 3.51. The van der Waals surface area contributed by atoms with Gasteiger partial charge in [-0.05, 0) is 26.1 Å². The summed E-state index contributed by atoms with van der Waals surface area (Å²) in [6, 6.07) is 2.12. The summed E-state index contributed by atoms with van der Waals surface area (Å²) in [5.74, 6) is 1.72. The number of likely N-dealkylation sites (N-methyl/N-ethyl adjacent to an activating group) is 1. The molecule has 4 nitrogen and oxygen atoms in total. The van der Waals surface area contributed by atoms with E-state index >= 15 is 0 Å². The molecule has 0 atom stereocenters. The Balaban J connectivity index is 2.52. The van der Waals surface area contributed by atoms with Crippen molar-refractivity contribution in [2.45, 2.75) is 46.1 Å². The Morgan fingerprint density at radius 3 is 2.35 bits per heavy atom. The van der Waals surface area contributed by atoms with Crippen LogP contribution in [-0.2, 0) is 6.54 Å². The molecule has 4 heteroatoms. The lowest BCUT2D eigenvalue weighted by atomic mass is 10.1. The van der Waals surface area contributed by atoms with Gasteiger partial charge < -0.3 is 9.47 Å². The van der Waals surface area contributed by atoms with Crippen molar-refractivity contribution < 1.29 is 0 Å². The van der Waals surface area contributed by atoms with E-state index in [1.54, 1.807) is 0 Å². The summed E-state index contributed by atoms with van der Waals surface area (Å²) in [4.78, 5) is 11.7. The Kier molecular flexibility index (Phi) is 4.43. The molecule has 0 saturated heterocycles. The molecule has 2 aromatic heterocycles. The minimum Gasteiger partial charge on any atom is -0.343 e. The van der Waals surface area contributed by atoms with Gasteiger partial charge in [0.15, 0.2) is 0 Å². The summed E-state index contributed by atoms with van der Waals surface area (Å²) in [6.07, 6.45) is 2.14. The lowest BCUT2D eigenvalue weighted by molar-refractivity contribution is 0.386. The third kappa shape index (κ3) is 3.01. The Morgan fingerprint density at radius 2 is 1.80 bits per heavy atom. The Labute approximate surface area is 121 Å². The van der Waals surface area contributed by atoms with Gasteiger partial charge in [-0.25, -0.2) is 9.97 Å². The van der Waals surface area contributed by atoms with Crippen molar-refractivity contribution in [2.24, 2.45) is 0 Å². The maximum Gasteiger partial charge on any atom is 0.131 e. The van der Waals surface area contributed by atoms with E-state index in [9.17, 15) is 0 Å². The van der Waals surface area contributed by atoms with Gasteiger partial charge in [-0.2, -0.15) is 0 Å². The smallest absolute Gasteiger partial charge is 0.131 e. The van der Waals surface area contributed by atoms with Gasteiger partial charge in [0.05, 0.1) is 16.7 Å². The predicted octanol–water partition coefficient (Wildman–Crippen LogP) is 3.24. The van der Waals surface area contributed by atoms with Crippen LogP contribution >= 0.6 is 0 Å². The van der Waals surface area contributed by atoms with E-state index < -0.39 is 0 Å². The van der Waals surface area contributed by atoms with Crippen LogP contribution in [-0.4, -0.2) is 40.1 Å². The first kappa shape index (κ1) is 15.0. The van der Waals surface area contributed by atoms with Crippen LogP contribution in [0.3, 0.4) is 0 Å². The maximum atomic E-state index is 4.81. The molecule has 0 fully saturated rings. The van der Waals surface area contributed by atoms with Crippen molar-refractivity contribution in [1.29, 1.82) is 0 Å². The van der Waals surface area contributed by atoms with Crippen LogP contribution in [0.1, 0.15) is 51.0 Å². The Hall–Kier alpha value is -1.42. The van der Waals surface area contributed by atoms with Crippen molar-refractivity contribution >= 4 is 11.0 Å². The molecule has 0 aliphatic rings. The number of nitrogens with zero attached hydrogens (tertiary/aromatic N) is 4. The number of aromatic nitrogens is 3. The number of hydrogen-bond acceptors (Lipinski definition) is 3. The van der Waals surface area contributed by atoms with Gasteiger partial charge >= 0.3 is 0 Å². The monoisotopic (exact) mass is 274 g/mol. The largest absolute Gasteiger partial charge is 0.343 e. The highest BCUT2D eigenvalue weighted by atomic mass is 15.1.